The van der Waals surface area contributed by atoms with Crippen LogP contribution in [0.4, 0.5) is 0 Å². The minimum absolute atomic E-state index is 0. The molecule has 5 atom stereocenters. The van der Waals surface area contributed by atoms with Gasteiger partial charge in [-0.05, 0) is 74.9 Å². The molecule has 0 spiro atoms. The van der Waals surface area contributed by atoms with Gasteiger partial charge >= 0.3 is 0 Å². The zero-order chi connectivity index (χ0) is 21.7. The third-order valence-corrected chi connectivity index (χ3v) is 7.48. The van der Waals surface area contributed by atoms with Crippen LogP contribution in [0.1, 0.15) is 49.3 Å². The molecule has 1 aromatic carbocycles. The first-order chi connectivity index (χ1) is 15.0. The maximum Gasteiger partial charge on any atom is 0.143 e. The molecule has 1 N–H and O–H groups in total. The van der Waals surface area contributed by atoms with Gasteiger partial charge in [-0.2, -0.15) is 0 Å². The van der Waals surface area contributed by atoms with E-state index in [1.54, 1.807) is 7.11 Å². The molecular formula is C25H32ClN3O3. The topological polar surface area (TPSA) is 71.6 Å². The fourth-order valence-corrected chi connectivity index (χ4v) is 5.76. The van der Waals surface area contributed by atoms with Crippen LogP contribution in [-0.2, 0) is 0 Å². The lowest BCUT2D eigenvalue weighted by molar-refractivity contribution is -0.0562. The van der Waals surface area contributed by atoms with Gasteiger partial charge in [0.25, 0.3) is 0 Å². The summed E-state index contributed by atoms with van der Waals surface area (Å²) in [6, 6.07) is 8.03. The molecule has 6 nitrogen and oxygen atoms in total. The van der Waals surface area contributed by atoms with Crippen LogP contribution in [0.15, 0.2) is 28.8 Å². The van der Waals surface area contributed by atoms with Crippen molar-refractivity contribution in [3.05, 3.63) is 41.3 Å². The molecule has 172 valence electrons. The SMILES string of the molecule is CC[C@H]1CN2CC[C@H]1C[C@H]2[C@H](O)c1cc(-c2c(C)noc2C)nc2ccc(OC)cc12.Cl. The van der Waals surface area contributed by atoms with Crippen LogP contribution in [0.25, 0.3) is 22.2 Å². The summed E-state index contributed by atoms with van der Waals surface area (Å²) in [4.78, 5) is 7.40. The van der Waals surface area contributed by atoms with Crippen molar-refractivity contribution < 1.29 is 14.4 Å². The monoisotopic (exact) mass is 457 g/mol. The van der Waals surface area contributed by atoms with E-state index in [9.17, 15) is 5.11 Å². The number of fused-ring (bicyclic) bond motifs is 4. The molecule has 5 heterocycles. The summed E-state index contributed by atoms with van der Waals surface area (Å²) in [7, 11) is 1.67. The van der Waals surface area contributed by atoms with Crippen molar-refractivity contribution in [3.8, 4) is 17.0 Å². The lowest BCUT2D eigenvalue weighted by atomic mass is 9.72. The second-order valence-electron chi connectivity index (χ2n) is 9.14. The number of aliphatic hydroxyl groups excluding tert-OH is 1. The van der Waals surface area contributed by atoms with Crippen molar-refractivity contribution in [1.82, 2.24) is 15.0 Å². The number of hydrogen-bond donors (Lipinski definition) is 1. The molecule has 7 heteroatoms. The van der Waals surface area contributed by atoms with E-state index in [0.29, 0.717) is 5.92 Å². The van der Waals surface area contributed by atoms with Crippen LogP contribution >= 0.6 is 12.4 Å². The van der Waals surface area contributed by atoms with Crippen LogP contribution in [0.2, 0.25) is 0 Å². The van der Waals surface area contributed by atoms with E-state index in [4.69, 9.17) is 14.2 Å². The average Bonchev–Trinajstić information content (AvgIpc) is 3.15. The second kappa shape index (κ2) is 9.00. The van der Waals surface area contributed by atoms with E-state index in [-0.39, 0.29) is 18.4 Å². The molecule has 2 aromatic heterocycles. The van der Waals surface area contributed by atoms with Crippen LogP contribution in [-0.4, -0.2) is 46.4 Å². The van der Waals surface area contributed by atoms with Gasteiger partial charge < -0.3 is 14.4 Å². The summed E-state index contributed by atoms with van der Waals surface area (Å²) in [6.07, 6.45) is 2.93. The molecule has 3 aliphatic heterocycles. The Morgan fingerprint density at radius 2 is 2.09 bits per heavy atom. The molecule has 3 aromatic rings. The van der Waals surface area contributed by atoms with Crippen LogP contribution in [0, 0.1) is 25.7 Å². The number of hydrogen-bond acceptors (Lipinski definition) is 6. The normalized spacial score (nSPS) is 25.5. The van der Waals surface area contributed by atoms with E-state index in [1.165, 1.54) is 12.8 Å². The maximum absolute atomic E-state index is 11.7. The number of ether oxygens (including phenoxy) is 1. The van der Waals surface area contributed by atoms with Crippen molar-refractivity contribution in [3.63, 3.8) is 0 Å². The number of aryl methyl sites for hydroxylation is 2. The van der Waals surface area contributed by atoms with Crippen LogP contribution in [0.3, 0.4) is 0 Å². The van der Waals surface area contributed by atoms with Crippen molar-refractivity contribution in [2.24, 2.45) is 11.8 Å². The summed E-state index contributed by atoms with van der Waals surface area (Å²) < 4.78 is 10.9. The Morgan fingerprint density at radius 1 is 1.28 bits per heavy atom. The van der Waals surface area contributed by atoms with Crippen LogP contribution in [0.5, 0.6) is 5.75 Å². The first-order valence-corrected chi connectivity index (χ1v) is 11.3. The Hall–Kier alpha value is -2.15. The van der Waals surface area contributed by atoms with Crippen LogP contribution < -0.4 is 4.74 Å². The highest BCUT2D eigenvalue weighted by molar-refractivity contribution is 5.87. The predicted molar refractivity (Wildman–Crippen MR) is 127 cm³/mol. The molecule has 1 unspecified atom stereocenters. The molecule has 3 fully saturated rings. The highest BCUT2D eigenvalue weighted by Crippen LogP contribution is 2.43. The first-order valence-electron chi connectivity index (χ1n) is 11.3. The summed E-state index contributed by atoms with van der Waals surface area (Å²) in [5.41, 5.74) is 4.26. The Bertz CT molecular complexity index is 1100. The van der Waals surface area contributed by atoms with E-state index in [0.717, 1.165) is 70.4 Å². The fraction of sp³-hybridized carbons (Fsp3) is 0.520. The first kappa shape index (κ1) is 23.0. The summed E-state index contributed by atoms with van der Waals surface area (Å²) in [6.45, 7) is 8.29. The number of aromatic nitrogens is 2. The van der Waals surface area contributed by atoms with Gasteiger partial charge in [0.05, 0.1) is 35.7 Å². The minimum Gasteiger partial charge on any atom is -0.497 e. The second-order valence-corrected chi connectivity index (χ2v) is 9.14. The Morgan fingerprint density at radius 3 is 2.72 bits per heavy atom. The lowest BCUT2D eigenvalue weighted by Crippen LogP contribution is -2.55. The maximum atomic E-state index is 11.7. The number of methoxy groups -OCH3 is 1. The number of pyridine rings is 1. The largest absolute Gasteiger partial charge is 0.497 e. The van der Waals surface area contributed by atoms with Gasteiger partial charge in [0.2, 0.25) is 0 Å². The smallest absolute Gasteiger partial charge is 0.143 e. The quantitative estimate of drug-likeness (QED) is 0.575. The van der Waals surface area contributed by atoms with E-state index >= 15 is 0 Å². The number of aliphatic hydroxyl groups is 1. The van der Waals surface area contributed by atoms with Crippen molar-refractivity contribution in [2.75, 3.05) is 20.2 Å². The van der Waals surface area contributed by atoms with Gasteiger partial charge in [0.15, 0.2) is 0 Å². The molecule has 0 aliphatic carbocycles. The van der Waals surface area contributed by atoms with Gasteiger partial charge in [-0.1, -0.05) is 18.5 Å². The lowest BCUT2D eigenvalue weighted by Gasteiger charge is -2.51. The van der Waals surface area contributed by atoms with Gasteiger partial charge in [-0.3, -0.25) is 4.90 Å². The average molecular weight is 458 g/mol. The molecular weight excluding hydrogens is 426 g/mol. The standard InChI is InChI=1S/C25H31N3O3.ClH/c1-5-16-13-28-9-8-17(16)10-23(28)25(29)20-12-22(24-14(2)27-31-15(24)3)26-21-7-6-18(30-4)11-19(20)21;/h6-7,11-12,16-17,23,25,29H,5,8-10,13H2,1-4H3;1H/t16-,17-,23-,25+;/m0./s1. The van der Waals surface area contributed by atoms with Gasteiger partial charge in [-0.25, -0.2) is 4.98 Å². The number of benzene rings is 1. The molecule has 0 saturated carbocycles. The molecule has 3 aliphatic rings. The predicted octanol–water partition coefficient (Wildman–Crippen LogP) is 5.09. The van der Waals surface area contributed by atoms with E-state index in [2.05, 4.69) is 17.0 Å². The fourth-order valence-electron chi connectivity index (χ4n) is 5.76. The molecule has 0 radical (unpaired) electrons. The Labute approximate surface area is 195 Å². The summed E-state index contributed by atoms with van der Waals surface area (Å²) >= 11 is 0. The van der Waals surface area contributed by atoms with Crippen molar-refractivity contribution in [2.45, 2.75) is 52.2 Å². The minimum atomic E-state index is -0.586. The third-order valence-electron chi connectivity index (χ3n) is 7.48. The summed E-state index contributed by atoms with van der Waals surface area (Å²) in [5.74, 6) is 2.97. The summed E-state index contributed by atoms with van der Waals surface area (Å²) in [5, 5.41) is 16.7. The van der Waals surface area contributed by atoms with Crippen molar-refractivity contribution in [1.29, 1.82) is 0 Å². The molecule has 0 amide bonds. The van der Waals surface area contributed by atoms with Gasteiger partial charge in [0.1, 0.15) is 11.5 Å². The highest BCUT2D eigenvalue weighted by Gasteiger charge is 2.42. The molecule has 32 heavy (non-hydrogen) atoms. The molecule has 3 saturated heterocycles. The van der Waals surface area contributed by atoms with Crippen molar-refractivity contribution >= 4 is 23.3 Å². The van der Waals surface area contributed by atoms with E-state index < -0.39 is 6.10 Å². The number of halogens is 1. The zero-order valence-electron chi connectivity index (χ0n) is 19.2. The zero-order valence-corrected chi connectivity index (χ0v) is 20.0. The van der Waals surface area contributed by atoms with Gasteiger partial charge in [0, 0.05) is 18.0 Å². The van der Waals surface area contributed by atoms with E-state index in [1.807, 2.05) is 38.1 Å². The number of piperidine rings is 3. The van der Waals surface area contributed by atoms with Gasteiger partial charge in [-0.15, -0.1) is 12.4 Å². The Balaban J connectivity index is 0.00000245. The number of rotatable bonds is 5. The number of nitrogens with zero attached hydrogens (tertiary/aromatic N) is 3. The molecule has 6 rings (SSSR count). The highest BCUT2D eigenvalue weighted by atomic mass is 35.5. The third kappa shape index (κ3) is 3.78. The Kier molecular flexibility index (Phi) is 6.48. The molecule has 2 bridgehead atoms.